The predicted molar refractivity (Wildman–Crippen MR) is 256 cm³/mol. The van der Waals surface area contributed by atoms with Gasteiger partial charge in [0.15, 0.2) is 17.5 Å². The van der Waals surface area contributed by atoms with Crippen molar-refractivity contribution in [3.8, 4) is 62.1 Å². The van der Waals surface area contributed by atoms with Gasteiger partial charge in [-0.15, -0.1) is 0 Å². The minimum atomic E-state index is 0.553. The highest BCUT2D eigenvalue weighted by molar-refractivity contribution is 6.13. The third-order valence-electron chi connectivity index (χ3n) is 12.3. The molecule has 9 aromatic carbocycles. The van der Waals surface area contributed by atoms with Crippen LogP contribution in [0.1, 0.15) is 0 Å². The van der Waals surface area contributed by atoms with Crippen LogP contribution in [0.3, 0.4) is 0 Å². The molecule has 13 rings (SSSR count). The van der Waals surface area contributed by atoms with E-state index in [4.69, 9.17) is 23.8 Å². The van der Waals surface area contributed by atoms with Crippen LogP contribution in [0.25, 0.3) is 128 Å². The molecule has 4 heterocycles. The number of fused-ring (bicyclic) bond motifs is 9. The highest BCUT2D eigenvalue weighted by Crippen LogP contribution is 2.40. The van der Waals surface area contributed by atoms with Gasteiger partial charge < -0.3 is 13.4 Å². The van der Waals surface area contributed by atoms with Gasteiger partial charge in [-0.2, -0.15) is 0 Å². The molecule has 13 aromatic rings. The molecule has 294 valence electrons. The molecule has 0 saturated heterocycles. The maximum absolute atomic E-state index is 6.66. The summed E-state index contributed by atoms with van der Waals surface area (Å²) < 4.78 is 15.6. The predicted octanol–water partition coefficient (Wildman–Crippen LogP) is 15.1. The number of hydrogen-bond acceptors (Lipinski definition) is 5. The van der Waals surface area contributed by atoms with E-state index in [0.29, 0.717) is 17.5 Å². The minimum Gasteiger partial charge on any atom is -0.456 e. The molecule has 6 heteroatoms. The van der Waals surface area contributed by atoms with Crippen molar-refractivity contribution in [3.63, 3.8) is 0 Å². The monoisotopic (exact) mass is 806 g/mol. The lowest BCUT2D eigenvalue weighted by Gasteiger charge is -2.09. The Bertz CT molecular complexity index is 3870. The zero-order valence-electron chi connectivity index (χ0n) is 33.7. The van der Waals surface area contributed by atoms with Crippen molar-refractivity contribution in [3.05, 3.63) is 206 Å². The lowest BCUT2D eigenvalue weighted by atomic mass is 9.96. The molecule has 0 N–H and O–H groups in total. The SMILES string of the molecule is c1ccc(-c2cccc(-c3cccc4oc5cc(-c6nc(-c7ccccc7)nc(-c7ccc8c(c7)oc7cc(-n9c%10ccccc%10c%10ccccc%109)ccc78)n6)ccc5c34)c2)cc1. The number of hydrogen-bond donors (Lipinski definition) is 0. The molecular formula is C57H34N4O2. The number of aromatic nitrogens is 4. The van der Waals surface area contributed by atoms with Gasteiger partial charge in [0, 0.05) is 60.8 Å². The van der Waals surface area contributed by atoms with E-state index in [-0.39, 0.29) is 0 Å². The molecule has 0 amide bonds. The molecule has 4 aromatic heterocycles. The lowest BCUT2D eigenvalue weighted by Crippen LogP contribution is -2.00. The Kier molecular flexibility index (Phi) is 7.80. The Morgan fingerprint density at radius 1 is 0.302 bits per heavy atom. The lowest BCUT2D eigenvalue weighted by molar-refractivity contribution is 0.668. The number of nitrogens with zero attached hydrogens (tertiary/aromatic N) is 4. The minimum absolute atomic E-state index is 0.553. The van der Waals surface area contributed by atoms with Crippen molar-refractivity contribution in [2.75, 3.05) is 0 Å². The molecule has 0 aliphatic rings. The van der Waals surface area contributed by atoms with Crippen molar-refractivity contribution < 1.29 is 8.83 Å². The van der Waals surface area contributed by atoms with Crippen LogP contribution in [-0.2, 0) is 0 Å². The first-order valence-electron chi connectivity index (χ1n) is 21.1. The van der Waals surface area contributed by atoms with Crippen LogP contribution in [0.2, 0.25) is 0 Å². The summed E-state index contributed by atoms with van der Waals surface area (Å²) >= 11 is 0. The second kappa shape index (κ2) is 14.0. The van der Waals surface area contributed by atoms with E-state index < -0.39 is 0 Å². The molecule has 63 heavy (non-hydrogen) atoms. The fraction of sp³-hybridized carbons (Fsp3) is 0. The third-order valence-corrected chi connectivity index (χ3v) is 12.3. The van der Waals surface area contributed by atoms with Gasteiger partial charge in [-0.25, -0.2) is 15.0 Å². The molecule has 0 saturated carbocycles. The number of rotatable bonds is 6. The van der Waals surface area contributed by atoms with Crippen molar-refractivity contribution in [1.29, 1.82) is 0 Å². The Balaban J connectivity index is 0.914. The van der Waals surface area contributed by atoms with Crippen LogP contribution >= 0.6 is 0 Å². The van der Waals surface area contributed by atoms with E-state index >= 15 is 0 Å². The standard InChI is InChI=1S/C57H34N4O2/c1-3-13-35(14-4-1)37-17-11-18-38(31-37)42-21-12-24-50-54(42)47-29-26-40(33-52(47)62-50)57-59-55(36-15-5-2-6-16-36)58-56(60-57)39-25-28-45-46-30-27-41(34-53(46)63-51(45)32-39)61-48-22-9-7-19-43(48)44-20-8-10-23-49(44)61/h1-34H. The zero-order valence-corrected chi connectivity index (χ0v) is 33.7. The van der Waals surface area contributed by atoms with E-state index in [9.17, 15) is 0 Å². The van der Waals surface area contributed by atoms with E-state index in [2.05, 4.69) is 156 Å². The van der Waals surface area contributed by atoms with Crippen LogP contribution in [0.5, 0.6) is 0 Å². The Labute approximate surface area is 361 Å². The van der Waals surface area contributed by atoms with E-state index in [1.165, 1.54) is 21.9 Å². The number of para-hydroxylation sites is 2. The zero-order chi connectivity index (χ0) is 41.4. The van der Waals surface area contributed by atoms with Crippen LogP contribution in [0.15, 0.2) is 215 Å². The van der Waals surface area contributed by atoms with Gasteiger partial charge in [0.25, 0.3) is 0 Å². The van der Waals surface area contributed by atoms with Gasteiger partial charge in [-0.05, 0) is 82.9 Å². The van der Waals surface area contributed by atoms with Crippen molar-refractivity contribution in [1.82, 2.24) is 19.5 Å². The van der Waals surface area contributed by atoms with E-state index in [1.54, 1.807) is 0 Å². The molecular weight excluding hydrogens is 773 g/mol. The summed E-state index contributed by atoms with van der Waals surface area (Å²) in [6.07, 6.45) is 0. The van der Waals surface area contributed by atoms with Crippen molar-refractivity contribution >= 4 is 65.7 Å². The normalized spacial score (nSPS) is 11.8. The van der Waals surface area contributed by atoms with Crippen LogP contribution in [0.4, 0.5) is 0 Å². The molecule has 0 atom stereocenters. The number of furan rings is 2. The van der Waals surface area contributed by atoms with Gasteiger partial charge in [0.05, 0.1) is 11.0 Å². The largest absolute Gasteiger partial charge is 0.456 e. The third kappa shape index (κ3) is 5.76. The Morgan fingerprint density at radius 2 is 0.810 bits per heavy atom. The van der Waals surface area contributed by atoms with Crippen LogP contribution in [-0.4, -0.2) is 19.5 Å². The maximum atomic E-state index is 6.66. The smallest absolute Gasteiger partial charge is 0.164 e. The molecule has 0 bridgehead atoms. The Hall–Kier alpha value is -8.61. The second-order valence-corrected chi connectivity index (χ2v) is 16.0. The van der Waals surface area contributed by atoms with Crippen molar-refractivity contribution in [2.45, 2.75) is 0 Å². The summed E-state index contributed by atoms with van der Waals surface area (Å²) in [4.78, 5) is 15.2. The molecule has 0 fully saturated rings. The van der Waals surface area contributed by atoms with E-state index in [1.807, 2.05) is 54.6 Å². The fourth-order valence-corrected chi connectivity index (χ4v) is 9.30. The van der Waals surface area contributed by atoms with Gasteiger partial charge in [0.1, 0.15) is 22.3 Å². The van der Waals surface area contributed by atoms with Crippen LogP contribution < -0.4 is 0 Å². The second-order valence-electron chi connectivity index (χ2n) is 16.0. The first-order valence-corrected chi connectivity index (χ1v) is 21.1. The van der Waals surface area contributed by atoms with Crippen molar-refractivity contribution in [2.24, 2.45) is 0 Å². The average molecular weight is 807 g/mol. The molecule has 0 radical (unpaired) electrons. The summed E-state index contributed by atoms with van der Waals surface area (Å²) in [5.74, 6) is 1.69. The van der Waals surface area contributed by atoms with Crippen LogP contribution in [0, 0.1) is 0 Å². The average Bonchev–Trinajstić information content (AvgIpc) is 4.03. The molecule has 0 aliphatic carbocycles. The summed E-state index contributed by atoms with van der Waals surface area (Å²) in [6.45, 7) is 0. The fourth-order valence-electron chi connectivity index (χ4n) is 9.30. The molecule has 0 aliphatic heterocycles. The molecule has 0 unspecified atom stereocenters. The number of benzene rings is 9. The Morgan fingerprint density at radius 3 is 1.51 bits per heavy atom. The highest BCUT2D eigenvalue weighted by atomic mass is 16.3. The first kappa shape index (κ1) is 35.2. The topological polar surface area (TPSA) is 69.9 Å². The van der Waals surface area contributed by atoms with Gasteiger partial charge in [0.2, 0.25) is 0 Å². The summed E-state index contributed by atoms with van der Waals surface area (Å²) in [5, 5.41) is 6.63. The summed E-state index contributed by atoms with van der Waals surface area (Å²) in [7, 11) is 0. The highest BCUT2D eigenvalue weighted by Gasteiger charge is 2.19. The quantitative estimate of drug-likeness (QED) is 0.167. The summed E-state index contributed by atoms with van der Waals surface area (Å²) in [6, 6.07) is 71.5. The van der Waals surface area contributed by atoms with E-state index in [0.717, 1.165) is 88.4 Å². The van der Waals surface area contributed by atoms with Gasteiger partial charge in [-0.3, -0.25) is 0 Å². The molecule has 6 nitrogen and oxygen atoms in total. The van der Waals surface area contributed by atoms with Gasteiger partial charge >= 0.3 is 0 Å². The van der Waals surface area contributed by atoms with Gasteiger partial charge in [-0.1, -0.05) is 140 Å². The first-order chi connectivity index (χ1) is 31.2. The molecule has 0 spiro atoms. The maximum Gasteiger partial charge on any atom is 0.164 e. The summed E-state index contributed by atoms with van der Waals surface area (Å²) in [5.41, 5.74) is 13.7.